The minimum Gasteiger partial charge on any atom is -0.386 e. The molecular formula is C15H16BrNO. The van der Waals surface area contributed by atoms with Gasteiger partial charge in [-0.3, -0.25) is 4.98 Å². The van der Waals surface area contributed by atoms with E-state index in [4.69, 9.17) is 0 Å². The topological polar surface area (TPSA) is 33.1 Å². The van der Waals surface area contributed by atoms with Gasteiger partial charge in [-0.25, -0.2) is 0 Å². The monoisotopic (exact) mass is 305 g/mol. The Morgan fingerprint density at radius 1 is 1.17 bits per heavy atom. The van der Waals surface area contributed by atoms with Crippen molar-refractivity contribution in [3.63, 3.8) is 0 Å². The van der Waals surface area contributed by atoms with E-state index >= 15 is 0 Å². The zero-order valence-corrected chi connectivity index (χ0v) is 11.9. The predicted molar refractivity (Wildman–Crippen MR) is 76.4 cm³/mol. The molecule has 0 aliphatic carbocycles. The van der Waals surface area contributed by atoms with E-state index in [0.717, 1.165) is 27.7 Å². The molecule has 0 saturated carbocycles. The van der Waals surface area contributed by atoms with Crippen molar-refractivity contribution >= 4 is 15.9 Å². The maximum atomic E-state index is 10.3. The molecule has 1 N–H and O–H groups in total. The molecule has 94 valence electrons. The lowest BCUT2D eigenvalue weighted by Gasteiger charge is -2.14. The lowest BCUT2D eigenvalue weighted by molar-refractivity contribution is 0.172. The van der Waals surface area contributed by atoms with Gasteiger partial charge in [0.2, 0.25) is 0 Å². The van der Waals surface area contributed by atoms with Gasteiger partial charge in [0.25, 0.3) is 0 Å². The third-order valence-electron chi connectivity index (χ3n) is 2.99. The first-order chi connectivity index (χ1) is 8.72. The van der Waals surface area contributed by atoms with Crippen LogP contribution in [0.15, 0.2) is 47.1 Å². The minimum absolute atomic E-state index is 0.556. The summed E-state index contributed by atoms with van der Waals surface area (Å²) in [6.07, 6.45) is 2.64. The summed E-state index contributed by atoms with van der Waals surface area (Å²) < 4.78 is 1.03. The van der Waals surface area contributed by atoms with Crippen molar-refractivity contribution in [2.75, 3.05) is 0 Å². The standard InChI is InChI=1S/C15H16BrNO/c1-2-11-7-5-9-17-15(11)14(18)10-12-6-3-4-8-13(12)16/h3-9,14,18H,2,10H2,1H3. The van der Waals surface area contributed by atoms with Crippen LogP contribution in [-0.4, -0.2) is 10.1 Å². The second-order valence-electron chi connectivity index (χ2n) is 4.21. The first-order valence-electron chi connectivity index (χ1n) is 6.07. The van der Waals surface area contributed by atoms with Crippen molar-refractivity contribution in [2.24, 2.45) is 0 Å². The summed E-state index contributed by atoms with van der Waals surface area (Å²) >= 11 is 3.50. The first kappa shape index (κ1) is 13.2. The van der Waals surface area contributed by atoms with Crippen LogP contribution in [0.5, 0.6) is 0 Å². The molecular weight excluding hydrogens is 290 g/mol. The predicted octanol–water partition coefficient (Wildman–Crippen LogP) is 3.68. The van der Waals surface area contributed by atoms with Crippen LogP contribution in [0.3, 0.4) is 0 Å². The number of nitrogens with zero attached hydrogens (tertiary/aromatic N) is 1. The third kappa shape index (κ3) is 2.98. The highest BCUT2D eigenvalue weighted by molar-refractivity contribution is 9.10. The molecule has 0 radical (unpaired) electrons. The maximum absolute atomic E-state index is 10.3. The van der Waals surface area contributed by atoms with Crippen LogP contribution in [0.25, 0.3) is 0 Å². The molecule has 1 atom stereocenters. The number of pyridine rings is 1. The number of hydrogen-bond acceptors (Lipinski definition) is 2. The highest BCUT2D eigenvalue weighted by Crippen LogP contribution is 2.24. The van der Waals surface area contributed by atoms with Gasteiger partial charge in [0, 0.05) is 17.1 Å². The summed E-state index contributed by atoms with van der Waals surface area (Å²) in [6.45, 7) is 2.08. The Balaban J connectivity index is 2.22. The van der Waals surface area contributed by atoms with E-state index in [0.29, 0.717) is 6.42 Å². The zero-order chi connectivity index (χ0) is 13.0. The van der Waals surface area contributed by atoms with Crippen molar-refractivity contribution < 1.29 is 5.11 Å². The van der Waals surface area contributed by atoms with Crippen molar-refractivity contribution in [1.82, 2.24) is 4.98 Å². The summed E-state index contributed by atoms with van der Waals surface area (Å²) in [7, 11) is 0. The fourth-order valence-electron chi connectivity index (χ4n) is 2.02. The average molecular weight is 306 g/mol. The van der Waals surface area contributed by atoms with Crippen LogP contribution in [0, 0.1) is 0 Å². The van der Waals surface area contributed by atoms with E-state index in [1.165, 1.54) is 0 Å². The molecule has 1 heterocycles. The number of aliphatic hydroxyl groups is 1. The Morgan fingerprint density at radius 2 is 1.89 bits per heavy atom. The molecule has 2 nitrogen and oxygen atoms in total. The molecule has 18 heavy (non-hydrogen) atoms. The van der Waals surface area contributed by atoms with Crippen LogP contribution in [0.4, 0.5) is 0 Å². The zero-order valence-electron chi connectivity index (χ0n) is 10.3. The lowest BCUT2D eigenvalue weighted by Crippen LogP contribution is -2.07. The van der Waals surface area contributed by atoms with Crippen LogP contribution < -0.4 is 0 Å². The van der Waals surface area contributed by atoms with Gasteiger partial charge in [0.1, 0.15) is 6.10 Å². The van der Waals surface area contributed by atoms with E-state index in [1.54, 1.807) is 6.20 Å². The van der Waals surface area contributed by atoms with E-state index in [1.807, 2.05) is 36.4 Å². The first-order valence-corrected chi connectivity index (χ1v) is 6.87. The Hall–Kier alpha value is -1.19. The largest absolute Gasteiger partial charge is 0.386 e. The van der Waals surface area contributed by atoms with E-state index in [2.05, 4.69) is 27.8 Å². The fourth-order valence-corrected chi connectivity index (χ4v) is 2.47. The van der Waals surface area contributed by atoms with Crippen LogP contribution in [0.2, 0.25) is 0 Å². The SMILES string of the molecule is CCc1cccnc1C(O)Cc1ccccc1Br. The summed E-state index contributed by atoms with van der Waals surface area (Å²) in [5, 5.41) is 10.3. The molecule has 1 unspecified atom stereocenters. The quantitative estimate of drug-likeness (QED) is 0.934. The highest BCUT2D eigenvalue weighted by Gasteiger charge is 2.14. The molecule has 0 amide bonds. The number of hydrogen-bond donors (Lipinski definition) is 1. The van der Waals surface area contributed by atoms with Gasteiger partial charge in [-0.15, -0.1) is 0 Å². The molecule has 0 bridgehead atoms. The molecule has 0 aliphatic rings. The number of halogens is 1. The van der Waals surface area contributed by atoms with Crippen LogP contribution >= 0.6 is 15.9 Å². The highest BCUT2D eigenvalue weighted by atomic mass is 79.9. The van der Waals surface area contributed by atoms with Gasteiger partial charge in [-0.1, -0.05) is 47.1 Å². The van der Waals surface area contributed by atoms with Gasteiger partial charge in [0.05, 0.1) is 5.69 Å². The second kappa shape index (κ2) is 6.12. The number of benzene rings is 1. The van der Waals surface area contributed by atoms with Gasteiger partial charge in [-0.05, 0) is 29.7 Å². The van der Waals surface area contributed by atoms with Gasteiger partial charge in [-0.2, -0.15) is 0 Å². The van der Waals surface area contributed by atoms with E-state index in [9.17, 15) is 5.11 Å². The molecule has 1 aromatic heterocycles. The number of rotatable bonds is 4. The molecule has 2 rings (SSSR count). The summed E-state index contributed by atoms with van der Waals surface area (Å²) in [5.41, 5.74) is 2.99. The van der Waals surface area contributed by atoms with Crippen LogP contribution in [0.1, 0.15) is 29.8 Å². The van der Waals surface area contributed by atoms with Crippen molar-refractivity contribution in [2.45, 2.75) is 25.9 Å². The summed E-state index contributed by atoms with van der Waals surface area (Å²) in [5.74, 6) is 0. The molecule has 3 heteroatoms. The maximum Gasteiger partial charge on any atom is 0.100 e. The number of aromatic nitrogens is 1. The minimum atomic E-state index is -0.556. The summed E-state index contributed by atoms with van der Waals surface area (Å²) in [4.78, 5) is 4.31. The lowest BCUT2D eigenvalue weighted by atomic mass is 10.0. The normalized spacial score (nSPS) is 12.4. The molecule has 0 spiro atoms. The summed E-state index contributed by atoms with van der Waals surface area (Å²) in [6, 6.07) is 11.9. The average Bonchev–Trinajstić information content (AvgIpc) is 2.41. The Kier molecular flexibility index (Phi) is 4.50. The smallest absolute Gasteiger partial charge is 0.100 e. The molecule has 1 aromatic carbocycles. The van der Waals surface area contributed by atoms with Crippen molar-refractivity contribution in [3.8, 4) is 0 Å². The van der Waals surface area contributed by atoms with Gasteiger partial charge in [0.15, 0.2) is 0 Å². The number of aliphatic hydroxyl groups excluding tert-OH is 1. The van der Waals surface area contributed by atoms with Crippen molar-refractivity contribution in [1.29, 1.82) is 0 Å². The van der Waals surface area contributed by atoms with Gasteiger partial charge >= 0.3 is 0 Å². The molecule has 0 aliphatic heterocycles. The number of aryl methyl sites for hydroxylation is 1. The molecule has 2 aromatic rings. The Labute approximate surface area is 116 Å². The third-order valence-corrected chi connectivity index (χ3v) is 3.77. The fraction of sp³-hybridized carbons (Fsp3) is 0.267. The van der Waals surface area contributed by atoms with E-state index < -0.39 is 6.10 Å². The van der Waals surface area contributed by atoms with Crippen molar-refractivity contribution in [3.05, 3.63) is 63.9 Å². The second-order valence-corrected chi connectivity index (χ2v) is 5.07. The molecule has 0 fully saturated rings. The Morgan fingerprint density at radius 3 is 2.61 bits per heavy atom. The van der Waals surface area contributed by atoms with Gasteiger partial charge < -0.3 is 5.11 Å². The molecule has 0 saturated heterocycles. The van der Waals surface area contributed by atoms with Crippen LogP contribution in [-0.2, 0) is 12.8 Å². The Bertz CT molecular complexity index is 527. The van der Waals surface area contributed by atoms with E-state index in [-0.39, 0.29) is 0 Å².